The number of hydrogen-bond donors (Lipinski definition) is 3. The highest BCUT2D eigenvalue weighted by Gasteiger charge is 2.24. The molecule has 9 heterocycles. The van der Waals surface area contributed by atoms with Crippen LogP contribution in [0.1, 0.15) is 275 Å². The van der Waals surface area contributed by atoms with Crippen molar-refractivity contribution in [2.45, 2.75) is 278 Å². The lowest BCUT2D eigenvalue weighted by atomic mass is 9.87. The normalized spacial score (nSPS) is 12.7. The summed E-state index contributed by atoms with van der Waals surface area (Å²) in [5.74, 6) is 2.91. The molecule has 0 unspecified atom stereocenters. The van der Waals surface area contributed by atoms with E-state index < -0.39 is 0 Å². The van der Waals surface area contributed by atoms with Gasteiger partial charge in [0.2, 0.25) is 6.79 Å². The molecule has 0 atom stereocenters. The van der Waals surface area contributed by atoms with Gasteiger partial charge in [-0.3, -0.25) is 0 Å². The van der Waals surface area contributed by atoms with Crippen LogP contribution in [0.15, 0.2) is 278 Å². The number of H-pyrrole nitrogens is 3. The SMILES string of the molecule is CC(C)(C)Cc1ccc2c(c1)C=CC2.CC(C)(C)Cc1ccc2c(c1)OCO2.CC(C)(C)Cc1ccc2cc[nH]c2c1.CC(C)(C)Cc1cccc2[nH]ccc12.CC(C)(C)Cc1cccc2cc[nH]c12.CC(C)(C)Cc1cccc2ccsc12.CC(C)(C)Cc1cccc2sccc12.Cn1c(CC(C)(C)C)nc2ccccc21.Cn1ccc2c(CC(C)(C)C)cccc21.Cn1ccc2cccc(CC(C)(C)C)c21. The molecule has 143 heavy (non-hydrogen) atoms. The first kappa shape index (κ1) is 112. The van der Waals surface area contributed by atoms with Gasteiger partial charge in [0.1, 0.15) is 5.82 Å². The van der Waals surface area contributed by atoms with E-state index in [1.165, 1.54) is 147 Å². The predicted octanol–water partition coefficient (Wildman–Crippen LogP) is 37.8. The van der Waals surface area contributed by atoms with E-state index in [4.69, 9.17) is 9.47 Å². The van der Waals surface area contributed by atoms with Gasteiger partial charge in [-0.1, -0.05) is 359 Å². The minimum atomic E-state index is 0.287. The summed E-state index contributed by atoms with van der Waals surface area (Å²) < 4.78 is 20.1. The van der Waals surface area contributed by atoms with Crippen LogP contribution in [-0.4, -0.2) is 40.4 Å². The molecular formula is C132H173N7O2S2. The largest absolute Gasteiger partial charge is 0.454 e. The third-order valence-corrected chi connectivity index (χ3v) is 26.4. The standard InChI is InChI=1S/2C14H19N.C14H18.C13H18N2.3C13H17N.2C13H16S.C12H16O2/c1-14(2,3)10-11-6-5-7-13-12(11)8-9-15(13)4;1-14(2,3)10-12-7-5-6-11-8-9-15(4)13(11)12;1-14(2,3)10-11-7-8-12-5-4-6-13(12)9-11;1-13(2,3)9-12-14-10-7-5-6-8-11(10)15(12)4;1-13(2,3)9-10-4-5-11-6-7-14-12(11)8-10;1-13(2,3)9-10-5-4-6-12-11(10)7-8-14-12;1-13(2,3)9-11-6-4-5-10-7-8-14-12(10)11;1-13(2,3)9-10-5-4-6-12-11(10)7-8-14-12;1-13(2,3)9-11-6-4-5-10-7-8-14-12(10)11;1-12(2,3)7-9-4-5-10-11(6-9)14-8-13-10/h2*5-9H,10H2,1-4H3;4,6-9H,5,10H2,1-3H3;5-8H,9H2,1-4H3;3*4-8,14H,9H2,1-3H3;2*4-8H,9H2,1-3H3;4-6H,7-8H2,1-3H3. The number of fused-ring (bicyclic) bond motifs is 10. The lowest BCUT2D eigenvalue weighted by molar-refractivity contribution is 0.174. The number of para-hydroxylation sites is 4. The number of thiophene rings is 2. The molecule has 8 aromatic heterocycles. The van der Waals surface area contributed by atoms with Crippen molar-refractivity contribution in [3.05, 3.63) is 345 Å². The van der Waals surface area contributed by atoms with Crippen LogP contribution >= 0.6 is 22.7 Å². The van der Waals surface area contributed by atoms with E-state index in [1.807, 2.05) is 53.4 Å². The van der Waals surface area contributed by atoms with Gasteiger partial charge in [-0.05, 0) is 308 Å². The smallest absolute Gasteiger partial charge is 0.231 e. The quantitative estimate of drug-likeness (QED) is 0.127. The monoisotopic (exact) mass is 1950 g/mol. The van der Waals surface area contributed by atoms with Crippen LogP contribution in [0.3, 0.4) is 0 Å². The second kappa shape index (κ2) is 47.7. The van der Waals surface area contributed by atoms with Gasteiger partial charge < -0.3 is 38.1 Å². The Balaban J connectivity index is 0.000000152. The summed E-state index contributed by atoms with van der Waals surface area (Å²) in [7, 11) is 6.31. The molecule has 3 N–H and O–H groups in total. The van der Waals surface area contributed by atoms with Crippen molar-refractivity contribution in [1.82, 2.24) is 33.6 Å². The number of nitrogens with one attached hydrogen (secondary N) is 3. The number of allylic oxidation sites excluding steroid dienone is 1. The van der Waals surface area contributed by atoms with Crippen molar-refractivity contribution in [3.8, 4) is 11.5 Å². The Morgan fingerprint density at radius 1 is 0.322 bits per heavy atom. The topological polar surface area (TPSA) is 93.5 Å². The molecule has 2 aliphatic rings. The van der Waals surface area contributed by atoms with Crippen LogP contribution < -0.4 is 9.47 Å². The van der Waals surface area contributed by atoms with Crippen LogP contribution in [0.25, 0.3) is 91.8 Å². The molecule has 0 amide bonds. The molecule has 0 saturated heterocycles. The molecule has 9 nitrogen and oxygen atoms in total. The van der Waals surface area contributed by atoms with E-state index >= 15 is 0 Å². The lowest BCUT2D eigenvalue weighted by Gasteiger charge is -2.19. The summed E-state index contributed by atoms with van der Waals surface area (Å²) in [5.41, 5.74) is 28.1. The Hall–Kier alpha value is -11.4. The average molecular weight is 1950 g/mol. The Morgan fingerprint density at radius 3 is 1.43 bits per heavy atom. The fourth-order valence-corrected chi connectivity index (χ4v) is 20.6. The summed E-state index contributed by atoms with van der Waals surface area (Å²) in [4.78, 5) is 14.5. The van der Waals surface area contributed by atoms with Crippen molar-refractivity contribution in [2.24, 2.45) is 75.3 Å². The highest BCUT2D eigenvalue weighted by molar-refractivity contribution is 7.17. The van der Waals surface area contributed by atoms with E-state index in [0.717, 1.165) is 87.6 Å². The number of nitrogens with zero attached hydrogens (tertiary/aromatic N) is 4. The molecule has 1 aliphatic carbocycles. The van der Waals surface area contributed by atoms with Gasteiger partial charge in [-0.15, -0.1) is 22.7 Å². The number of hydrogen-bond acceptors (Lipinski definition) is 5. The van der Waals surface area contributed by atoms with Crippen molar-refractivity contribution >= 4 is 114 Å². The fourth-order valence-electron chi connectivity index (χ4n) is 18.9. The van der Waals surface area contributed by atoms with Gasteiger partial charge in [0.05, 0.1) is 16.6 Å². The molecule has 10 aromatic carbocycles. The maximum atomic E-state index is 5.33. The molecular weight excluding hydrogens is 1780 g/mol. The fraction of sp³-hybridized carbons (Fsp3) is 0.417. The zero-order chi connectivity index (χ0) is 104. The van der Waals surface area contributed by atoms with E-state index in [2.05, 4.69) is 516 Å². The minimum absolute atomic E-state index is 0.287. The Morgan fingerprint density at radius 2 is 0.790 bits per heavy atom. The zero-order valence-electron chi connectivity index (χ0n) is 93.5. The van der Waals surface area contributed by atoms with E-state index in [-0.39, 0.29) is 5.41 Å². The van der Waals surface area contributed by atoms with Crippen molar-refractivity contribution in [3.63, 3.8) is 0 Å². The van der Waals surface area contributed by atoms with E-state index in [1.54, 1.807) is 0 Å². The molecule has 760 valence electrons. The van der Waals surface area contributed by atoms with Crippen molar-refractivity contribution in [2.75, 3.05) is 6.79 Å². The molecule has 11 heteroatoms. The Kier molecular flexibility index (Phi) is 37.3. The van der Waals surface area contributed by atoms with Crippen LogP contribution in [0.2, 0.25) is 0 Å². The van der Waals surface area contributed by atoms with Crippen LogP contribution in [0.4, 0.5) is 0 Å². The molecule has 18 aromatic rings. The van der Waals surface area contributed by atoms with Crippen LogP contribution in [-0.2, 0) is 91.8 Å². The molecule has 0 fully saturated rings. The van der Waals surface area contributed by atoms with Crippen LogP contribution in [0, 0.1) is 54.1 Å². The maximum Gasteiger partial charge on any atom is 0.231 e. The zero-order valence-corrected chi connectivity index (χ0v) is 95.2. The number of rotatable bonds is 10. The number of aromatic nitrogens is 7. The molecule has 1 aliphatic heterocycles. The second-order valence-electron chi connectivity index (χ2n) is 52.0. The molecule has 0 spiro atoms. The highest BCUT2D eigenvalue weighted by Crippen LogP contribution is 2.39. The minimum Gasteiger partial charge on any atom is -0.454 e. The number of aryl methyl sites for hydroxylation is 3. The number of aromatic amines is 3. The van der Waals surface area contributed by atoms with Gasteiger partial charge in [-0.2, -0.15) is 0 Å². The first-order valence-corrected chi connectivity index (χ1v) is 53.8. The maximum absolute atomic E-state index is 5.33. The molecule has 20 rings (SSSR count). The third-order valence-electron chi connectivity index (χ3n) is 24.5. The van der Waals surface area contributed by atoms with E-state index in [0.29, 0.717) is 55.5 Å². The van der Waals surface area contributed by atoms with Gasteiger partial charge in [0.25, 0.3) is 0 Å². The van der Waals surface area contributed by atoms with Crippen molar-refractivity contribution < 1.29 is 9.47 Å². The van der Waals surface area contributed by atoms with Crippen molar-refractivity contribution in [1.29, 1.82) is 0 Å². The average Bonchev–Trinajstić information content (AvgIpc) is 1.66. The third kappa shape index (κ3) is 36.1. The highest BCUT2D eigenvalue weighted by atomic mass is 32.1. The second-order valence-corrected chi connectivity index (χ2v) is 53.8. The Bertz CT molecular complexity index is 6760. The summed E-state index contributed by atoms with van der Waals surface area (Å²) in [6, 6.07) is 82.6. The number of benzene rings is 10. The van der Waals surface area contributed by atoms with E-state index in [9.17, 15) is 0 Å². The first-order valence-electron chi connectivity index (χ1n) is 52.0. The number of imidazole rings is 1. The summed E-state index contributed by atoms with van der Waals surface area (Å²) >= 11 is 3.68. The Labute approximate surface area is 868 Å². The van der Waals surface area contributed by atoms with Gasteiger partial charge in [0.15, 0.2) is 11.5 Å². The first-order chi connectivity index (χ1) is 66.8. The summed E-state index contributed by atoms with van der Waals surface area (Å²) in [6.45, 7) is 68.6. The summed E-state index contributed by atoms with van der Waals surface area (Å²) in [6.07, 6.45) is 27.1. The summed E-state index contributed by atoms with van der Waals surface area (Å²) in [5, 5.41) is 13.9. The number of ether oxygens (including phenoxy) is 2. The molecule has 0 radical (unpaired) electrons. The lowest BCUT2D eigenvalue weighted by Crippen LogP contribution is -2.12. The predicted molar refractivity (Wildman–Crippen MR) is 628 cm³/mol. The molecule has 0 bridgehead atoms. The van der Waals surface area contributed by atoms with Gasteiger partial charge in [0, 0.05) is 101 Å². The van der Waals surface area contributed by atoms with Gasteiger partial charge in [-0.25, -0.2) is 4.98 Å². The van der Waals surface area contributed by atoms with Crippen LogP contribution in [0.5, 0.6) is 11.5 Å². The van der Waals surface area contributed by atoms with Gasteiger partial charge >= 0.3 is 0 Å². The molecule has 0 saturated carbocycles.